The predicted octanol–water partition coefficient (Wildman–Crippen LogP) is 2.62. The molecule has 1 saturated heterocycles. The summed E-state index contributed by atoms with van der Waals surface area (Å²) in [7, 11) is 0. The van der Waals surface area contributed by atoms with E-state index in [2.05, 4.69) is 0 Å². The van der Waals surface area contributed by atoms with Gasteiger partial charge >= 0.3 is 0 Å². The molecule has 0 bridgehead atoms. The number of carbonyl (C=O) groups excluding carboxylic acids is 1. The average molecular weight is 356 g/mol. The highest BCUT2D eigenvalue weighted by Gasteiger charge is 2.39. The van der Waals surface area contributed by atoms with E-state index in [0.29, 0.717) is 6.54 Å². The van der Waals surface area contributed by atoms with Gasteiger partial charge in [0.2, 0.25) is 0 Å². The van der Waals surface area contributed by atoms with Crippen LogP contribution in [0.25, 0.3) is 0 Å². The Kier molecular flexibility index (Phi) is 5.29. The molecule has 2 aromatic rings. The van der Waals surface area contributed by atoms with Crippen LogP contribution in [0.5, 0.6) is 0 Å². The Morgan fingerprint density at radius 1 is 1.19 bits per heavy atom. The van der Waals surface area contributed by atoms with Gasteiger partial charge < -0.3 is 14.7 Å². The number of hydrogen-bond donors (Lipinski definition) is 1. The summed E-state index contributed by atoms with van der Waals surface area (Å²) in [5.74, 6) is -0.498. The molecule has 1 heterocycles. The minimum Gasteiger partial charge on any atom is -0.380 e. The van der Waals surface area contributed by atoms with Crippen LogP contribution in [-0.4, -0.2) is 40.1 Å². The van der Waals surface area contributed by atoms with E-state index in [9.17, 15) is 20.0 Å². The monoisotopic (exact) mass is 356 g/mol. The number of rotatable bonds is 4. The van der Waals surface area contributed by atoms with Crippen LogP contribution in [0, 0.1) is 10.1 Å². The Labute approximate surface area is 151 Å². The first kappa shape index (κ1) is 18.0. The highest BCUT2D eigenvalue weighted by Crippen LogP contribution is 2.33. The van der Waals surface area contributed by atoms with Crippen molar-refractivity contribution in [3.05, 3.63) is 75.8 Å². The molecule has 0 unspecified atom stereocenters. The summed E-state index contributed by atoms with van der Waals surface area (Å²) >= 11 is 0. The molecule has 1 N–H and O–H groups in total. The molecule has 7 nitrogen and oxygen atoms in total. The number of aliphatic hydroxyl groups is 1. The second kappa shape index (κ2) is 7.63. The van der Waals surface area contributed by atoms with Crippen molar-refractivity contribution in [3.8, 4) is 0 Å². The van der Waals surface area contributed by atoms with Crippen LogP contribution >= 0.6 is 0 Å². The number of carbonyl (C=O) groups is 1. The molecule has 1 amide bonds. The predicted molar refractivity (Wildman–Crippen MR) is 94.4 cm³/mol. The summed E-state index contributed by atoms with van der Waals surface area (Å²) in [6.07, 6.45) is -2.58. The van der Waals surface area contributed by atoms with Crippen LogP contribution in [0.2, 0.25) is 0 Å². The first-order valence-corrected chi connectivity index (χ1v) is 8.39. The lowest BCUT2D eigenvalue weighted by Gasteiger charge is -2.29. The first-order valence-electron chi connectivity index (χ1n) is 8.39. The van der Waals surface area contributed by atoms with Crippen LogP contribution in [0.4, 0.5) is 5.69 Å². The molecule has 1 aliphatic heterocycles. The Hall–Kier alpha value is -2.77. The molecule has 0 aliphatic carbocycles. The smallest absolute Gasteiger partial charge is 0.275 e. The van der Waals surface area contributed by atoms with E-state index in [1.54, 1.807) is 11.0 Å². The number of benzene rings is 2. The Balaban J connectivity index is 1.89. The topological polar surface area (TPSA) is 92.9 Å². The minimum absolute atomic E-state index is 0.172. The van der Waals surface area contributed by atoms with Crippen LogP contribution < -0.4 is 0 Å². The van der Waals surface area contributed by atoms with E-state index in [-0.39, 0.29) is 23.9 Å². The first-order chi connectivity index (χ1) is 12.5. The van der Waals surface area contributed by atoms with Crippen LogP contribution in [0.15, 0.2) is 54.6 Å². The van der Waals surface area contributed by atoms with E-state index >= 15 is 0 Å². The third-order valence-corrected chi connectivity index (χ3v) is 4.64. The summed E-state index contributed by atoms with van der Waals surface area (Å²) in [6, 6.07) is 15.3. The zero-order valence-electron chi connectivity index (χ0n) is 14.3. The van der Waals surface area contributed by atoms with Crippen LogP contribution in [0.1, 0.15) is 30.2 Å². The summed E-state index contributed by atoms with van der Waals surface area (Å²) in [5.41, 5.74) is 0.971. The van der Waals surface area contributed by atoms with Crippen LogP contribution in [0.3, 0.4) is 0 Å². The van der Waals surface area contributed by atoms with Crippen molar-refractivity contribution >= 4 is 11.6 Å². The van der Waals surface area contributed by atoms with E-state index in [1.165, 1.54) is 18.2 Å². The van der Waals surface area contributed by atoms with Crippen molar-refractivity contribution < 1.29 is 19.6 Å². The molecular formula is C19H20N2O5. The summed E-state index contributed by atoms with van der Waals surface area (Å²) in [6.45, 7) is 2.35. The van der Waals surface area contributed by atoms with Crippen molar-refractivity contribution in [2.75, 3.05) is 13.2 Å². The summed E-state index contributed by atoms with van der Waals surface area (Å²) in [5, 5.41) is 21.9. The highest BCUT2D eigenvalue weighted by molar-refractivity contribution is 5.82. The van der Waals surface area contributed by atoms with Gasteiger partial charge in [0.15, 0.2) is 6.10 Å². The van der Waals surface area contributed by atoms with E-state index < -0.39 is 23.0 Å². The van der Waals surface area contributed by atoms with Crippen molar-refractivity contribution in [3.63, 3.8) is 0 Å². The van der Waals surface area contributed by atoms with Crippen molar-refractivity contribution in [1.29, 1.82) is 0 Å². The Morgan fingerprint density at radius 2 is 1.85 bits per heavy atom. The number of nitro benzene ring substituents is 1. The molecule has 0 spiro atoms. The standard InChI is InChI=1S/C19H20N2O5/c1-13(14-7-3-2-4-8-14)20-11-12-26-18(17(22)19(20)23)15-9-5-6-10-16(15)21(24)25/h2-10,13,17-18,22H,11-12H2,1H3/t13-,17+,18+/m0/s1. The maximum atomic E-state index is 12.9. The quantitative estimate of drug-likeness (QED) is 0.671. The number of nitro groups is 1. The second-order valence-corrected chi connectivity index (χ2v) is 6.17. The lowest BCUT2D eigenvalue weighted by molar-refractivity contribution is -0.386. The molecule has 3 atom stereocenters. The lowest BCUT2D eigenvalue weighted by Crippen LogP contribution is -2.41. The highest BCUT2D eigenvalue weighted by atomic mass is 16.6. The molecule has 3 rings (SSSR count). The normalized spacial score (nSPS) is 21.9. The van der Waals surface area contributed by atoms with Crippen molar-refractivity contribution in [1.82, 2.24) is 4.90 Å². The largest absolute Gasteiger partial charge is 0.380 e. The van der Waals surface area contributed by atoms with Gasteiger partial charge in [-0.05, 0) is 18.6 Å². The number of ether oxygens (including phenoxy) is 1. The maximum absolute atomic E-state index is 12.9. The minimum atomic E-state index is -1.51. The van der Waals surface area contributed by atoms with Gasteiger partial charge in [0.25, 0.3) is 11.6 Å². The van der Waals surface area contributed by atoms with Gasteiger partial charge in [-0.25, -0.2) is 0 Å². The molecule has 2 aromatic carbocycles. The zero-order chi connectivity index (χ0) is 18.7. The number of nitrogens with zero attached hydrogens (tertiary/aromatic N) is 2. The van der Waals surface area contributed by atoms with Gasteiger partial charge in [0.1, 0.15) is 6.10 Å². The van der Waals surface area contributed by atoms with E-state index in [1.807, 2.05) is 37.3 Å². The summed E-state index contributed by atoms with van der Waals surface area (Å²) < 4.78 is 5.66. The number of amides is 1. The lowest BCUT2D eigenvalue weighted by atomic mass is 10.0. The van der Waals surface area contributed by atoms with Crippen molar-refractivity contribution in [2.24, 2.45) is 0 Å². The fourth-order valence-corrected chi connectivity index (χ4v) is 3.23. The van der Waals surface area contributed by atoms with Gasteiger partial charge in [-0.15, -0.1) is 0 Å². The molecule has 0 aromatic heterocycles. The van der Waals surface area contributed by atoms with Gasteiger partial charge in [0.05, 0.1) is 23.1 Å². The SMILES string of the molecule is C[C@@H](c1ccccc1)N1CCO[C@H](c2ccccc2[N+](=O)[O-])[C@@H](O)C1=O. The number of hydrogen-bond acceptors (Lipinski definition) is 5. The molecule has 1 aliphatic rings. The van der Waals surface area contributed by atoms with Crippen molar-refractivity contribution in [2.45, 2.75) is 25.2 Å². The van der Waals surface area contributed by atoms with Crippen LogP contribution in [-0.2, 0) is 9.53 Å². The second-order valence-electron chi connectivity index (χ2n) is 6.17. The van der Waals surface area contributed by atoms with Gasteiger partial charge in [-0.1, -0.05) is 42.5 Å². The Bertz CT molecular complexity index is 796. The average Bonchev–Trinajstić information content (AvgIpc) is 2.81. The number of para-hydroxylation sites is 1. The third-order valence-electron chi connectivity index (χ3n) is 4.64. The molecule has 0 radical (unpaired) electrons. The molecule has 26 heavy (non-hydrogen) atoms. The maximum Gasteiger partial charge on any atom is 0.275 e. The van der Waals surface area contributed by atoms with Gasteiger partial charge in [-0.2, -0.15) is 0 Å². The summed E-state index contributed by atoms with van der Waals surface area (Å²) in [4.78, 5) is 25.1. The molecular weight excluding hydrogens is 336 g/mol. The van der Waals surface area contributed by atoms with E-state index in [4.69, 9.17) is 4.74 Å². The number of aliphatic hydroxyl groups excluding tert-OH is 1. The van der Waals surface area contributed by atoms with Gasteiger partial charge in [-0.3, -0.25) is 14.9 Å². The molecule has 1 fully saturated rings. The molecule has 7 heteroatoms. The molecule has 136 valence electrons. The fraction of sp³-hybridized carbons (Fsp3) is 0.316. The zero-order valence-corrected chi connectivity index (χ0v) is 14.3. The van der Waals surface area contributed by atoms with E-state index in [0.717, 1.165) is 5.56 Å². The third kappa shape index (κ3) is 3.44. The Morgan fingerprint density at radius 3 is 2.54 bits per heavy atom. The van der Waals surface area contributed by atoms with Gasteiger partial charge in [0, 0.05) is 12.6 Å². The molecule has 0 saturated carbocycles. The fourth-order valence-electron chi connectivity index (χ4n) is 3.23.